The number of hydrogen-bond acceptors (Lipinski definition) is 3. The summed E-state index contributed by atoms with van der Waals surface area (Å²) in [7, 11) is 2.21. The molecule has 2 unspecified atom stereocenters. The second kappa shape index (κ2) is 6.36. The largest absolute Gasteiger partial charge is 0.394 e. The molecular weight excluding hydrogens is 224 g/mol. The lowest BCUT2D eigenvalue weighted by molar-refractivity contribution is 0.0902. The van der Waals surface area contributed by atoms with Crippen molar-refractivity contribution in [1.29, 1.82) is 0 Å². The predicted octanol–water partition coefficient (Wildman–Crippen LogP) is 1.86. The number of likely N-dealkylation sites (tertiary alicyclic amines) is 1. The molecule has 1 aliphatic carbocycles. The van der Waals surface area contributed by atoms with E-state index in [9.17, 15) is 5.11 Å². The van der Waals surface area contributed by atoms with Crippen LogP contribution in [0.15, 0.2) is 0 Å². The van der Waals surface area contributed by atoms with Crippen LogP contribution in [0.5, 0.6) is 0 Å². The third-order valence-electron chi connectivity index (χ3n) is 5.00. The van der Waals surface area contributed by atoms with Crippen LogP contribution in [-0.2, 0) is 0 Å². The zero-order valence-corrected chi connectivity index (χ0v) is 12.1. The third-order valence-corrected chi connectivity index (χ3v) is 5.00. The highest BCUT2D eigenvalue weighted by Gasteiger charge is 2.34. The minimum absolute atomic E-state index is 0.0288. The maximum Gasteiger partial charge on any atom is 0.0613 e. The molecule has 2 atom stereocenters. The number of hydrogen-bond donors (Lipinski definition) is 2. The maximum absolute atomic E-state index is 9.76. The van der Waals surface area contributed by atoms with Crippen LogP contribution in [0.25, 0.3) is 0 Å². The number of nitrogens with one attached hydrogen (secondary N) is 1. The quantitative estimate of drug-likeness (QED) is 0.804. The monoisotopic (exact) mass is 254 g/mol. The van der Waals surface area contributed by atoms with Gasteiger partial charge in [-0.25, -0.2) is 0 Å². The number of aliphatic hydroxyl groups is 1. The summed E-state index contributed by atoms with van der Waals surface area (Å²) in [6.07, 6.45) is 7.51. The molecule has 1 heterocycles. The standard InChI is InChI=1S/C15H30N2O/c1-13-4-3-7-15(10-13,12-18)16-11-14-5-8-17(2)9-6-14/h13-14,16,18H,3-12H2,1-2H3. The molecule has 0 aromatic carbocycles. The van der Waals surface area contributed by atoms with Crippen molar-refractivity contribution in [3.63, 3.8) is 0 Å². The van der Waals surface area contributed by atoms with Gasteiger partial charge in [0.15, 0.2) is 0 Å². The first-order valence-corrected chi connectivity index (χ1v) is 7.68. The topological polar surface area (TPSA) is 35.5 Å². The van der Waals surface area contributed by atoms with Crippen molar-refractivity contribution in [3.8, 4) is 0 Å². The van der Waals surface area contributed by atoms with Gasteiger partial charge in [0, 0.05) is 5.54 Å². The summed E-state index contributed by atoms with van der Waals surface area (Å²) in [6, 6.07) is 0. The lowest BCUT2D eigenvalue weighted by Gasteiger charge is -2.41. The average molecular weight is 254 g/mol. The van der Waals surface area contributed by atoms with Gasteiger partial charge in [-0.1, -0.05) is 19.8 Å². The minimum atomic E-state index is 0.0288. The van der Waals surface area contributed by atoms with Gasteiger partial charge in [-0.15, -0.1) is 0 Å². The van der Waals surface area contributed by atoms with Gasteiger partial charge in [0.2, 0.25) is 0 Å². The number of nitrogens with zero attached hydrogens (tertiary/aromatic N) is 1. The fourth-order valence-electron chi connectivity index (χ4n) is 3.65. The Labute approximate surface area is 112 Å². The molecule has 18 heavy (non-hydrogen) atoms. The third kappa shape index (κ3) is 3.69. The second-order valence-corrected chi connectivity index (χ2v) is 6.77. The van der Waals surface area contributed by atoms with E-state index in [1.807, 2.05) is 0 Å². The Morgan fingerprint density at radius 2 is 2.00 bits per heavy atom. The summed E-state index contributed by atoms with van der Waals surface area (Å²) in [5.74, 6) is 1.57. The van der Waals surface area contributed by atoms with Crippen LogP contribution < -0.4 is 5.32 Å². The van der Waals surface area contributed by atoms with Crippen molar-refractivity contribution < 1.29 is 5.11 Å². The van der Waals surface area contributed by atoms with Crippen molar-refractivity contribution in [2.45, 2.75) is 51.0 Å². The van der Waals surface area contributed by atoms with E-state index in [4.69, 9.17) is 0 Å². The van der Waals surface area contributed by atoms with E-state index in [1.165, 1.54) is 38.8 Å². The Morgan fingerprint density at radius 1 is 1.28 bits per heavy atom. The van der Waals surface area contributed by atoms with Crippen LogP contribution in [0.4, 0.5) is 0 Å². The average Bonchev–Trinajstić information content (AvgIpc) is 2.38. The summed E-state index contributed by atoms with van der Waals surface area (Å²) < 4.78 is 0. The second-order valence-electron chi connectivity index (χ2n) is 6.77. The van der Waals surface area contributed by atoms with Gasteiger partial charge < -0.3 is 15.3 Å². The molecule has 1 saturated carbocycles. The van der Waals surface area contributed by atoms with Crippen LogP contribution in [0, 0.1) is 11.8 Å². The van der Waals surface area contributed by atoms with Crippen molar-refractivity contribution >= 4 is 0 Å². The van der Waals surface area contributed by atoms with Crippen molar-refractivity contribution in [2.24, 2.45) is 11.8 Å². The summed E-state index contributed by atoms with van der Waals surface area (Å²) in [6.45, 7) is 6.19. The van der Waals surface area contributed by atoms with E-state index < -0.39 is 0 Å². The van der Waals surface area contributed by atoms with Crippen molar-refractivity contribution in [1.82, 2.24) is 10.2 Å². The molecule has 0 spiro atoms. The molecule has 2 N–H and O–H groups in total. The van der Waals surface area contributed by atoms with E-state index in [2.05, 4.69) is 24.2 Å². The number of rotatable bonds is 4. The molecule has 0 radical (unpaired) electrons. The number of aliphatic hydroxyl groups excluding tert-OH is 1. The van der Waals surface area contributed by atoms with Crippen LogP contribution in [-0.4, -0.2) is 48.8 Å². The molecule has 0 aromatic rings. The Kier molecular flexibility index (Phi) is 5.05. The van der Waals surface area contributed by atoms with E-state index in [1.54, 1.807) is 0 Å². The smallest absolute Gasteiger partial charge is 0.0613 e. The SMILES string of the molecule is CC1CCCC(CO)(NCC2CCN(C)CC2)C1. The Hall–Kier alpha value is -0.120. The lowest BCUT2D eigenvalue weighted by Crippen LogP contribution is -2.53. The summed E-state index contributed by atoms with van der Waals surface area (Å²) in [4.78, 5) is 2.42. The van der Waals surface area contributed by atoms with Gasteiger partial charge in [-0.2, -0.15) is 0 Å². The highest BCUT2D eigenvalue weighted by molar-refractivity contribution is 4.93. The minimum Gasteiger partial charge on any atom is -0.394 e. The molecule has 0 amide bonds. The molecule has 1 saturated heterocycles. The van der Waals surface area contributed by atoms with Gasteiger partial charge in [0.1, 0.15) is 0 Å². The van der Waals surface area contributed by atoms with Gasteiger partial charge in [-0.05, 0) is 64.2 Å². The molecular formula is C15H30N2O. The van der Waals surface area contributed by atoms with Crippen LogP contribution >= 0.6 is 0 Å². The van der Waals surface area contributed by atoms with Crippen LogP contribution in [0.3, 0.4) is 0 Å². The molecule has 0 aromatic heterocycles. The molecule has 1 aliphatic heterocycles. The van der Waals surface area contributed by atoms with Gasteiger partial charge in [0.05, 0.1) is 6.61 Å². The van der Waals surface area contributed by atoms with Gasteiger partial charge in [0.25, 0.3) is 0 Å². The summed E-state index contributed by atoms with van der Waals surface area (Å²) >= 11 is 0. The zero-order valence-electron chi connectivity index (χ0n) is 12.1. The van der Waals surface area contributed by atoms with Crippen LogP contribution in [0.1, 0.15) is 45.4 Å². The Balaban J connectivity index is 1.79. The first-order valence-electron chi connectivity index (χ1n) is 7.68. The maximum atomic E-state index is 9.76. The molecule has 106 valence electrons. The molecule has 2 rings (SSSR count). The Morgan fingerprint density at radius 3 is 2.61 bits per heavy atom. The summed E-state index contributed by atoms with van der Waals surface area (Å²) in [5.41, 5.74) is 0.0288. The van der Waals surface area contributed by atoms with Gasteiger partial charge in [-0.3, -0.25) is 0 Å². The molecule has 3 heteroatoms. The van der Waals surface area contributed by atoms with E-state index in [-0.39, 0.29) is 5.54 Å². The van der Waals surface area contributed by atoms with Crippen LogP contribution in [0.2, 0.25) is 0 Å². The predicted molar refractivity (Wildman–Crippen MR) is 75.7 cm³/mol. The molecule has 2 aliphatic rings. The van der Waals surface area contributed by atoms with E-state index in [0.29, 0.717) is 6.61 Å². The number of piperidine rings is 1. The van der Waals surface area contributed by atoms with E-state index >= 15 is 0 Å². The van der Waals surface area contributed by atoms with Crippen molar-refractivity contribution in [3.05, 3.63) is 0 Å². The Bertz CT molecular complexity index is 251. The highest BCUT2D eigenvalue weighted by Crippen LogP contribution is 2.32. The normalized spacial score (nSPS) is 35.8. The summed E-state index contributed by atoms with van der Waals surface area (Å²) in [5, 5.41) is 13.5. The van der Waals surface area contributed by atoms with E-state index in [0.717, 1.165) is 31.2 Å². The first kappa shape index (κ1) is 14.3. The fourth-order valence-corrected chi connectivity index (χ4v) is 3.65. The molecule has 3 nitrogen and oxygen atoms in total. The first-order chi connectivity index (χ1) is 8.63. The zero-order chi connectivity index (χ0) is 13.0. The molecule has 2 fully saturated rings. The van der Waals surface area contributed by atoms with Gasteiger partial charge >= 0.3 is 0 Å². The molecule has 0 bridgehead atoms. The lowest BCUT2D eigenvalue weighted by atomic mass is 9.76. The fraction of sp³-hybridized carbons (Fsp3) is 1.00. The van der Waals surface area contributed by atoms with Crippen molar-refractivity contribution in [2.75, 3.05) is 33.3 Å². The highest BCUT2D eigenvalue weighted by atomic mass is 16.3.